The van der Waals surface area contributed by atoms with E-state index in [1.54, 1.807) is 6.08 Å². The van der Waals surface area contributed by atoms with E-state index in [0.717, 1.165) is 19.3 Å². The van der Waals surface area contributed by atoms with Crippen LogP contribution in [0.15, 0.2) is 24.8 Å². The van der Waals surface area contributed by atoms with Crippen molar-refractivity contribution in [1.82, 2.24) is 0 Å². The van der Waals surface area contributed by atoms with Crippen LogP contribution < -0.4 is 0 Å². The van der Waals surface area contributed by atoms with Crippen LogP contribution in [0.2, 0.25) is 0 Å². The summed E-state index contributed by atoms with van der Waals surface area (Å²) >= 11 is 0. The Hall–Kier alpha value is -0.600. The van der Waals surface area contributed by atoms with E-state index in [1.807, 2.05) is 6.08 Å². The van der Waals surface area contributed by atoms with Crippen LogP contribution in [-0.2, 0) is 0 Å². The number of hydrogen-bond donors (Lipinski definition) is 2. The SMILES string of the molecule is C=CC(O)CCCCCC.CCCCCCCC=CCO. The Bertz CT molecular complexity index is 212. The van der Waals surface area contributed by atoms with Crippen LogP contribution in [0.25, 0.3) is 0 Å². The van der Waals surface area contributed by atoms with Gasteiger partial charge in [0.2, 0.25) is 0 Å². The van der Waals surface area contributed by atoms with Gasteiger partial charge in [-0.05, 0) is 19.3 Å². The Morgan fingerprint density at radius 1 is 0.857 bits per heavy atom. The Morgan fingerprint density at radius 2 is 1.43 bits per heavy atom. The molecule has 0 aliphatic heterocycles. The summed E-state index contributed by atoms with van der Waals surface area (Å²) in [7, 11) is 0. The van der Waals surface area contributed by atoms with Gasteiger partial charge < -0.3 is 10.2 Å². The van der Waals surface area contributed by atoms with Crippen LogP contribution in [0.1, 0.15) is 84.5 Å². The van der Waals surface area contributed by atoms with Gasteiger partial charge >= 0.3 is 0 Å². The molecule has 0 aromatic heterocycles. The maximum absolute atomic E-state index is 9.04. The van der Waals surface area contributed by atoms with E-state index >= 15 is 0 Å². The van der Waals surface area contributed by atoms with Crippen molar-refractivity contribution in [2.75, 3.05) is 6.61 Å². The number of allylic oxidation sites excluding steroid dienone is 1. The first-order valence-electron chi connectivity index (χ1n) is 8.79. The Balaban J connectivity index is 0. The average molecular weight is 299 g/mol. The summed E-state index contributed by atoms with van der Waals surface area (Å²) in [5.41, 5.74) is 0. The van der Waals surface area contributed by atoms with Gasteiger partial charge in [0.15, 0.2) is 0 Å². The monoisotopic (exact) mass is 298 g/mol. The summed E-state index contributed by atoms with van der Waals surface area (Å²) in [5, 5.41) is 17.5. The fraction of sp³-hybridized carbons (Fsp3) is 0.789. The lowest BCUT2D eigenvalue weighted by Crippen LogP contribution is -2.00. The highest BCUT2D eigenvalue weighted by atomic mass is 16.3. The summed E-state index contributed by atoms with van der Waals surface area (Å²) in [6.45, 7) is 8.11. The molecule has 0 bridgehead atoms. The van der Waals surface area contributed by atoms with Crippen molar-refractivity contribution in [1.29, 1.82) is 0 Å². The Labute approximate surface area is 133 Å². The molecule has 0 aromatic carbocycles. The minimum absolute atomic E-state index is 0.189. The largest absolute Gasteiger partial charge is 0.392 e. The highest BCUT2D eigenvalue weighted by Crippen LogP contribution is 2.05. The number of unbranched alkanes of at least 4 members (excludes halogenated alkanes) is 8. The second-order valence-electron chi connectivity index (χ2n) is 5.51. The van der Waals surface area contributed by atoms with Crippen LogP contribution in [0.5, 0.6) is 0 Å². The third kappa shape index (κ3) is 24.8. The van der Waals surface area contributed by atoms with Gasteiger partial charge in [-0.1, -0.05) is 83.4 Å². The number of hydrogen-bond acceptors (Lipinski definition) is 2. The molecule has 0 fully saturated rings. The third-order valence-electron chi connectivity index (χ3n) is 3.37. The summed E-state index contributed by atoms with van der Waals surface area (Å²) in [6, 6.07) is 0. The highest BCUT2D eigenvalue weighted by Gasteiger charge is 1.95. The second-order valence-corrected chi connectivity index (χ2v) is 5.51. The lowest BCUT2D eigenvalue weighted by Gasteiger charge is -2.02. The molecular weight excluding hydrogens is 260 g/mol. The minimum atomic E-state index is -0.281. The average Bonchev–Trinajstić information content (AvgIpc) is 2.51. The number of aliphatic hydroxyl groups excluding tert-OH is 2. The lowest BCUT2D eigenvalue weighted by atomic mass is 10.1. The molecule has 0 saturated carbocycles. The number of aliphatic hydroxyl groups is 2. The Morgan fingerprint density at radius 3 is 1.95 bits per heavy atom. The molecule has 2 heteroatoms. The maximum atomic E-state index is 9.04. The molecule has 0 rings (SSSR count). The van der Waals surface area contributed by atoms with E-state index in [0.29, 0.717) is 0 Å². The van der Waals surface area contributed by atoms with Crippen molar-refractivity contribution >= 4 is 0 Å². The van der Waals surface area contributed by atoms with Gasteiger partial charge in [-0.25, -0.2) is 0 Å². The zero-order chi connectivity index (χ0) is 16.2. The van der Waals surface area contributed by atoms with Crippen molar-refractivity contribution in [3.8, 4) is 0 Å². The molecule has 0 aliphatic carbocycles. The summed E-state index contributed by atoms with van der Waals surface area (Å²) in [5.74, 6) is 0. The molecule has 0 spiro atoms. The topological polar surface area (TPSA) is 40.5 Å². The van der Waals surface area contributed by atoms with E-state index < -0.39 is 0 Å². The van der Waals surface area contributed by atoms with Crippen molar-refractivity contribution in [3.63, 3.8) is 0 Å². The van der Waals surface area contributed by atoms with Crippen molar-refractivity contribution in [2.24, 2.45) is 0 Å². The molecule has 21 heavy (non-hydrogen) atoms. The van der Waals surface area contributed by atoms with Crippen molar-refractivity contribution < 1.29 is 10.2 Å². The first-order chi connectivity index (χ1) is 10.2. The Kier molecular flexibility index (Phi) is 23.4. The molecule has 2 N–H and O–H groups in total. The van der Waals surface area contributed by atoms with E-state index in [-0.39, 0.29) is 12.7 Å². The molecule has 0 aliphatic rings. The van der Waals surface area contributed by atoms with E-state index in [1.165, 1.54) is 51.4 Å². The van der Waals surface area contributed by atoms with Crippen molar-refractivity contribution in [3.05, 3.63) is 24.8 Å². The smallest absolute Gasteiger partial charge is 0.0718 e. The first-order valence-corrected chi connectivity index (χ1v) is 8.79. The molecule has 2 nitrogen and oxygen atoms in total. The highest BCUT2D eigenvalue weighted by molar-refractivity contribution is 4.80. The minimum Gasteiger partial charge on any atom is -0.392 e. The van der Waals surface area contributed by atoms with Gasteiger partial charge in [-0.2, -0.15) is 0 Å². The standard InChI is InChI=1S/C10H20O.C9H18O/c1-2-3-4-5-6-7-8-9-10-11;1-3-5-6-7-8-9(10)4-2/h8-9,11H,2-7,10H2,1H3;4,9-10H,2-3,5-8H2,1H3. The van der Waals surface area contributed by atoms with E-state index in [4.69, 9.17) is 10.2 Å². The second kappa shape index (κ2) is 21.7. The van der Waals surface area contributed by atoms with Gasteiger partial charge in [0.05, 0.1) is 12.7 Å². The predicted octanol–water partition coefficient (Wildman–Crippen LogP) is 5.40. The van der Waals surface area contributed by atoms with E-state index in [2.05, 4.69) is 26.5 Å². The van der Waals surface area contributed by atoms with Gasteiger partial charge in [-0.3, -0.25) is 0 Å². The molecule has 0 amide bonds. The molecule has 0 saturated heterocycles. The van der Waals surface area contributed by atoms with E-state index in [9.17, 15) is 0 Å². The molecule has 1 atom stereocenters. The lowest BCUT2D eigenvalue weighted by molar-refractivity contribution is 0.208. The zero-order valence-corrected chi connectivity index (χ0v) is 14.4. The van der Waals surface area contributed by atoms with Gasteiger partial charge in [0.1, 0.15) is 0 Å². The fourth-order valence-electron chi connectivity index (χ4n) is 1.96. The van der Waals surface area contributed by atoms with Gasteiger partial charge in [-0.15, -0.1) is 6.58 Å². The molecule has 0 radical (unpaired) electrons. The fourth-order valence-corrected chi connectivity index (χ4v) is 1.96. The molecular formula is C19H38O2. The van der Waals surface area contributed by atoms with Crippen LogP contribution in [0, 0.1) is 0 Å². The summed E-state index contributed by atoms with van der Waals surface area (Å²) in [6.07, 6.45) is 18.8. The third-order valence-corrected chi connectivity index (χ3v) is 3.37. The summed E-state index contributed by atoms with van der Waals surface area (Å²) in [4.78, 5) is 0. The van der Waals surface area contributed by atoms with Gasteiger partial charge in [0.25, 0.3) is 0 Å². The molecule has 0 heterocycles. The zero-order valence-electron chi connectivity index (χ0n) is 14.4. The molecule has 0 aromatic rings. The van der Waals surface area contributed by atoms with Crippen LogP contribution in [-0.4, -0.2) is 22.9 Å². The predicted molar refractivity (Wildman–Crippen MR) is 94.6 cm³/mol. The quantitative estimate of drug-likeness (QED) is 0.353. The summed E-state index contributed by atoms with van der Waals surface area (Å²) < 4.78 is 0. The normalized spacial score (nSPS) is 12.0. The van der Waals surface area contributed by atoms with Crippen LogP contribution in [0.3, 0.4) is 0 Å². The first kappa shape index (κ1) is 22.7. The molecule has 1 unspecified atom stereocenters. The van der Waals surface area contributed by atoms with Gasteiger partial charge in [0, 0.05) is 0 Å². The maximum Gasteiger partial charge on any atom is 0.0718 e. The molecule has 126 valence electrons. The van der Waals surface area contributed by atoms with Crippen molar-refractivity contribution in [2.45, 2.75) is 90.6 Å². The van der Waals surface area contributed by atoms with Crippen LogP contribution >= 0.6 is 0 Å². The number of rotatable bonds is 13. The van der Waals surface area contributed by atoms with Crippen LogP contribution in [0.4, 0.5) is 0 Å².